The Balaban J connectivity index is 1.82. The molecule has 0 saturated heterocycles. The van der Waals surface area contributed by atoms with Crippen molar-refractivity contribution in [3.05, 3.63) is 99.8 Å². The summed E-state index contributed by atoms with van der Waals surface area (Å²) in [5, 5.41) is 12.0. The summed E-state index contributed by atoms with van der Waals surface area (Å²) in [5.41, 5.74) is 3.60. The van der Waals surface area contributed by atoms with Gasteiger partial charge >= 0.3 is 0 Å². The topological polar surface area (TPSA) is 38.1 Å². The molecule has 0 aliphatic heterocycles. The minimum Gasteiger partial charge on any atom is -0.380 e. The predicted octanol–water partition coefficient (Wildman–Crippen LogP) is 5.47. The minimum absolute atomic E-state index is 0.513. The lowest BCUT2D eigenvalue weighted by Gasteiger charge is -2.15. The molecule has 0 saturated carbocycles. The number of fused-ring (bicyclic) bond motifs is 1. The van der Waals surface area contributed by atoms with Gasteiger partial charge in [-0.25, -0.2) is 4.98 Å². The number of aromatic nitrogens is 2. The van der Waals surface area contributed by atoms with Crippen molar-refractivity contribution < 1.29 is 5.11 Å². The van der Waals surface area contributed by atoms with E-state index < -0.39 is 6.10 Å². The SMILES string of the molecule is OC(c1ccccc1)c1nc2ccccc2n1Cc1ccc(Cl)c(Cl)c1. The van der Waals surface area contributed by atoms with Crippen LogP contribution in [0.25, 0.3) is 11.0 Å². The fourth-order valence-corrected chi connectivity index (χ4v) is 3.39. The summed E-state index contributed by atoms with van der Waals surface area (Å²) in [6.07, 6.45) is -0.814. The molecule has 0 bridgehead atoms. The van der Waals surface area contributed by atoms with Crippen molar-refractivity contribution in [2.45, 2.75) is 12.6 Å². The highest BCUT2D eigenvalue weighted by atomic mass is 35.5. The summed E-state index contributed by atoms with van der Waals surface area (Å²) in [7, 11) is 0. The molecular formula is C21H16Cl2N2O. The third-order valence-corrected chi connectivity index (χ3v) is 5.11. The van der Waals surface area contributed by atoms with Crippen molar-refractivity contribution in [3.8, 4) is 0 Å². The number of rotatable bonds is 4. The first-order chi connectivity index (χ1) is 12.6. The minimum atomic E-state index is -0.814. The van der Waals surface area contributed by atoms with E-state index >= 15 is 0 Å². The number of benzene rings is 3. The van der Waals surface area contributed by atoms with E-state index in [1.165, 1.54) is 0 Å². The molecule has 4 rings (SSSR count). The first kappa shape index (κ1) is 17.1. The van der Waals surface area contributed by atoms with Crippen LogP contribution in [0, 0.1) is 0 Å². The normalized spacial score (nSPS) is 12.4. The van der Waals surface area contributed by atoms with E-state index in [4.69, 9.17) is 23.2 Å². The Bertz CT molecular complexity index is 1060. The Morgan fingerprint density at radius 2 is 1.62 bits per heavy atom. The zero-order chi connectivity index (χ0) is 18.1. The molecule has 0 aliphatic rings. The lowest BCUT2D eigenvalue weighted by Crippen LogP contribution is -2.11. The number of para-hydroxylation sites is 2. The number of nitrogens with zero attached hydrogens (tertiary/aromatic N) is 2. The largest absolute Gasteiger partial charge is 0.380 e. The fourth-order valence-electron chi connectivity index (χ4n) is 3.07. The van der Waals surface area contributed by atoms with E-state index in [2.05, 4.69) is 4.98 Å². The second-order valence-corrected chi connectivity index (χ2v) is 6.92. The number of halogens is 2. The molecule has 0 amide bonds. The standard InChI is InChI=1S/C21H16Cl2N2O/c22-16-11-10-14(12-17(16)23)13-25-19-9-5-4-8-18(19)24-21(25)20(26)15-6-2-1-3-7-15/h1-12,20,26H,13H2. The van der Waals surface area contributed by atoms with Crippen molar-refractivity contribution in [3.63, 3.8) is 0 Å². The van der Waals surface area contributed by atoms with Crippen LogP contribution in [-0.2, 0) is 6.54 Å². The summed E-state index contributed by atoms with van der Waals surface area (Å²) in [5.74, 6) is 0.600. The van der Waals surface area contributed by atoms with Crippen LogP contribution in [0.2, 0.25) is 10.0 Å². The molecule has 3 aromatic carbocycles. The molecule has 1 heterocycles. The molecule has 1 atom stereocenters. The Morgan fingerprint density at radius 3 is 2.38 bits per heavy atom. The first-order valence-corrected chi connectivity index (χ1v) is 9.01. The van der Waals surface area contributed by atoms with Crippen LogP contribution >= 0.6 is 23.2 Å². The van der Waals surface area contributed by atoms with Crippen molar-refractivity contribution in [2.75, 3.05) is 0 Å². The molecule has 4 aromatic rings. The van der Waals surface area contributed by atoms with E-state index in [0.717, 1.165) is 22.2 Å². The molecule has 1 aromatic heterocycles. The van der Waals surface area contributed by atoms with Gasteiger partial charge in [0.05, 0.1) is 21.1 Å². The van der Waals surface area contributed by atoms with Crippen LogP contribution < -0.4 is 0 Å². The third kappa shape index (κ3) is 3.21. The molecule has 5 heteroatoms. The maximum atomic E-state index is 10.9. The molecule has 3 nitrogen and oxygen atoms in total. The van der Waals surface area contributed by atoms with E-state index in [1.807, 2.05) is 71.3 Å². The van der Waals surface area contributed by atoms with Crippen LogP contribution in [0.5, 0.6) is 0 Å². The highest BCUT2D eigenvalue weighted by Crippen LogP contribution is 2.28. The first-order valence-electron chi connectivity index (χ1n) is 8.25. The van der Waals surface area contributed by atoms with Gasteiger partial charge in [-0.3, -0.25) is 0 Å². The molecule has 0 spiro atoms. The van der Waals surface area contributed by atoms with Gasteiger partial charge in [0.1, 0.15) is 11.9 Å². The van der Waals surface area contributed by atoms with Crippen LogP contribution in [0.1, 0.15) is 23.1 Å². The van der Waals surface area contributed by atoms with Gasteiger partial charge in [0.2, 0.25) is 0 Å². The van der Waals surface area contributed by atoms with Crippen LogP contribution in [0.15, 0.2) is 72.8 Å². The Labute approximate surface area is 161 Å². The highest BCUT2D eigenvalue weighted by molar-refractivity contribution is 6.42. The molecule has 130 valence electrons. The second-order valence-electron chi connectivity index (χ2n) is 6.11. The Kier molecular flexibility index (Phi) is 4.68. The quantitative estimate of drug-likeness (QED) is 0.507. The zero-order valence-corrected chi connectivity index (χ0v) is 15.3. The number of aliphatic hydroxyl groups excluding tert-OH is 1. The predicted molar refractivity (Wildman–Crippen MR) is 106 cm³/mol. The molecule has 1 N–H and O–H groups in total. The van der Waals surface area contributed by atoms with Crippen molar-refractivity contribution in [1.82, 2.24) is 9.55 Å². The number of imidazole rings is 1. The molecule has 0 fully saturated rings. The molecule has 0 radical (unpaired) electrons. The molecule has 0 aliphatic carbocycles. The number of hydrogen-bond donors (Lipinski definition) is 1. The van der Waals surface area contributed by atoms with E-state index in [1.54, 1.807) is 6.07 Å². The van der Waals surface area contributed by atoms with Crippen LogP contribution in [0.3, 0.4) is 0 Å². The van der Waals surface area contributed by atoms with Gasteiger partial charge in [-0.15, -0.1) is 0 Å². The number of aliphatic hydroxyl groups is 1. The lowest BCUT2D eigenvalue weighted by molar-refractivity contribution is 0.206. The third-order valence-electron chi connectivity index (χ3n) is 4.37. The summed E-state index contributed by atoms with van der Waals surface area (Å²) in [6.45, 7) is 0.538. The average molecular weight is 383 g/mol. The second kappa shape index (κ2) is 7.12. The van der Waals surface area contributed by atoms with Gasteiger partial charge in [0.15, 0.2) is 0 Å². The van der Waals surface area contributed by atoms with Gasteiger partial charge in [0.25, 0.3) is 0 Å². The Morgan fingerprint density at radius 1 is 0.885 bits per heavy atom. The smallest absolute Gasteiger partial charge is 0.143 e. The van der Waals surface area contributed by atoms with Crippen molar-refractivity contribution in [2.24, 2.45) is 0 Å². The van der Waals surface area contributed by atoms with Gasteiger partial charge in [-0.2, -0.15) is 0 Å². The zero-order valence-electron chi connectivity index (χ0n) is 13.8. The monoisotopic (exact) mass is 382 g/mol. The summed E-state index contributed by atoms with van der Waals surface area (Å²) < 4.78 is 2.02. The van der Waals surface area contributed by atoms with Crippen LogP contribution in [0.4, 0.5) is 0 Å². The van der Waals surface area contributed by atoms with Crippen molar-refractivity contribution >= 4 is 34.2 Å². The summed E-state index contributed by atoms with van der Waals surface area (Å²) >= 11 is 12.2. The van der Waals surface area contributed by atoms with Gasteiger partial charge in [0, 0.05) is 6.54 Å². The highest BCUT2D eigenvalue weighted by Gasteiger charge is 2.20. The van der Waals surface area contributed by atoms with Gasteiger partial charge in [-0.1, -0.05) is 71.7 Å². The van der Waals surface area contributed by atoms with E-state index in [0.29, 0.717) is 22.4 Å². The van der Waals surface area contributed by atoms with Crippen LogP contribution in [-0.4, -0.2) is 14.7 Å². The fraction of sp³-hybridized carbons (Fsp3) is 0.0952. The van der Waals surface area contributed by atoms with Gasteiger partial charge < -0.3 is 9.67 Å². The van der Waals surface area contributed by atoms with E-state index in [9.17, 15) is 5.11 Å². The molecule has 1 unspecified atom stereocenters. The maximum Gasteiger partial charge on any atom is 0.143 e. The summed E-state index contributed by atoms with van der Waals surface area (Å²) in [6, 6.07) is 22.9. The molecule has 26 heavy (non-hydrogen) atoms. The van der Waals surface area contributed by atoms with Gasteiger partial charge in [-0.05, 0) is 35.4 Å². The maximum absolute atomic E-state index is 10.9. The lowest BCUT2D eigenvalue weighted by atomic mass is 10.1. The number of hydrogen-bond acceptors (Lipinski definition) is 2. The Hall–Kier alpha value is -2.33. The average Bonchev–Trinajstić information content (AvgIpc) is 3.03. The summed E-state index contributed by atoms with van der Waals surface area (Å²) in [4.78, 5) is 4.68. The molecular weight excluding hydrogens is 367 g/mol. The van der Waals surface area contributed by atoms with E-state index in [-0.39, 0.29) is 0 Å². The van der Waals surface area contributed by atoms with Crippen molar-refractivity contribution in [1.29, 1.82) is 0 Å².